The second-order valence-electron chi connectivity index (χ2n) is 6.90. The molecule has 23 heavy (non-hydrogen) atoms. The fourth-order valence-electron chi connectivity index (χ4n) is 2.58. The summed E-state index contributed by atoms with van der Waals surface area (Å²) in [4.78, 5) is 0. The van der Waals surface area contributed by atoms with Crippen LogP contribution in [0.1, 0.15) is 33.3 Å². The first kappa shape index (κ1) is 15.8. The Morgan fingerprint density at radius 2 is 1.48 bits per heavy atom. The van der Waals surface area contributed by atoms with Crippen molar-refractivity contribution < 1.29 is 9.31 Å². The van der Waals surface area contributed by atoms with Gasteiger partial charge in [-0.25, -0.2) is 0 Å². The van der Waals surface area contributed by atoms with E-state index in [0.717, 1.165) is 16.6 Å². The third kappa shape index (κ3) is 2.90. The Morgan fingerprint density at radius 3 is 2.04 bits per heavy atom. The second-order valence-corrected chi connectivity index (χ2v) is 6.90. The number of nitrogens with zero attached hydrogens (tertiary/aromatic N) is 1. The molecule has 1 heterocycles. The molecule has 0 aromatic heterocycles. The Morgan fingerprint density at radius 1 is 0.870 bits per heavy atom. The average Bonchev–Trinajstić information content (AvgIpc) is 2.76. The number of benzene rings is 2. The van der Waals surface area contributed by atoms with E-state index < -0.39 is 0 Å². The maximum Gasteiger partial charge on any atom is 0.494 e. The molecule has 0 amide bonds. The molecule has 4 heteroatoms. The van der Waals surface area contributed by atoms with Crippen LogP contribution in [0, 0.1) is 11.3 Å². The van der Waals surface area contributed by atoms with Gasteiger partial charge in [-0.2, -0.15) is 5.26 Å². The first-order valence-electron chi connectivity index (χ1n) is 7.78. The van der Waals surface area contributed by atoms with Gasteiger partial charge in [-0.15, -0.1) is 0 Å². The van der Waals surface area contributed by atoms with Crippen LogP contribution in [0.3, 0.4) is 0 Å². The molecule has 1 fully saturated rings. The van der Waals surface area contributed by atoms with Crippen molar-refractivity contribution in [3.05, 3.63) is 54.1 Å². The van der Waals surface area contributed by atoms with E-state index in [9.17, 15) is 0 Å². The standard InChI is InChI=1S/C19H20BNO2/c1-18(2)19(3,4)23-20(22-18)17-10-8-15(9-11-17)16-7-5-6-14(12-16)13-21/h5-12H,1-4H3. The normalized spacial score (nSPS) is 18.7. The lowest BCUT2D eigenvalue weighted by atomic mass is 9.78. The van der Waals surface area contributed by atoms with E-state index in [0.29, 0.717) is 5.56 Å². The molecule has 1 aliphatic heterocycles. The van der Waals surface area contributed by atoms with Crippen molar-refractivity contribution in [3.63, 3.8) is 0 Å². The van der Waals surface area contributed by atoms with Gasteiger partial charge in [0.1, 0.15) is 0 Å². The van der Waals surface area contributed by atoms with Crippen molar-refractivity contribution in [2.75, 3.05) is 0 Å². The molecular weight excluding hydrogens is 285 g/mol. The quantitative estimate of drug-likeness (QED) is 0.797. The molecule has 0 saturated carbocycles. The molecule has 0 atom stereocenters. The van der Waals surface area contributed by atoms with E-state index in [1.165, 1.54) is 0 Å². The van der Waals surface area contributed by atoms with E-state index in [4.69, 9.17) is 14.6 Å². The second kappa shape index (κ2) is 5.52. The minimum atomic E-state index is -0.348. The molecule has 2 aromatic carbocycles. The fourth-order valence-corrected chi connectivity index (χ4v) is 2.58. The van der Waals surface area contributed by atoms with Crippen LogP contribution in [0.15, 0.2) is 48.5 Å². The average molecular weight is 305 g/mol. The fraction of sp³-hybridized carbons (Fsp3) is 0.316. The highest BCUT2D eigenvalue weighted by atomic mass is 16.7. The van der Waals surface area contributed by atoms with Crippen LogP contribution in [0.25, 0.3) is 11.1 Å². The van der Waals surface area contributed by atoms with Crippen molar-refractivity contribution >= 4 is 12.6 Å². The highest BCUT2D eigenvalue weighted by molar-refractivity contribution is 6.62. The van der Waals surface area contributed by atoms with Gasteiger partial charge in [-0.3, -0.25) is 0 Å². The molecule has 0 aliphatic carbocycles. The topological polar surface area (TPSA) is 42.2 Å². The summed E-state index contributed by atoms with van der Waals surface area (Å²) < 4.78 is 12.1. The Balaban J connectivity index is 1.85. The van der Waals surface area contributed by atoms with Crippen molar-refractivity contribution in [2.24, 2.45) is 0 Å². The summed E-state index contributed by atoms with van der Waals surface area (Å²) in [6.45, 7) is 8.20. The SMILES string of the molecule is CC1(C)OB(c2ccc(-c3cccc(C#N)c3)cc2)OC1(C)C. The molecule has 0 bridgehead atoms. The summed E-state index contributed by atoms with van der Waals surface area (Å²) in [5, 5.41) is 9.01. The predicted octanol–water partition coefficient (Wildman–Crippen LogP) is 3.52. The molecule has 1 saturated heterocycles. The lowest BCUT2D eigenvalue weighted by Crippen LogP contribution is -2.41. The van der Waals surface area contributed by atoms with Crippen molar-refractivity contribution in [3.8, 4) is 17.2 Å². The van der Waals surface area contributed by atoms with Gasteiger partial charge in [0.2, 0.25) is 0 Å². The lowest BCUT2D eigenvalue weighted by Gasteiger charge is -2.32. The van der Waals surface area contributed by atoms with Crippen LogP contribution in [0.5, 0.6) is 0 Å². The van der Waals surface area contributed by atoms with Crippen molar-refractivity contribution in [1.29, 1.82) is 5.26 Å². The number of nitriles is 1. The molecule has 0 N–H and O–H groups in total. The summed E-state index contributed by atoms with van der Waals surface area (Å²) in [5.41, 5.74) is 3.10. The van der Waals surface area contributed by atoms with Gasteiger partial charge < -0.3 is 9.31 Å². The molecule has 3 nitrogen and oxygen atoms in total. The van der Waals surface area contributed by atoms with Crippen LogP contribution >= 0.6 is 0 Å². The van der Waals surface area contributed by atoms with Crippen LogP contribution < -0.4 is 5.46 Å². The molecule has 2 aromatic rings. The van der Waals surface area contributed by atoms with Gasteiger partial charge in [0.15, 0.2) is 0 Å². The minimum absolute atomic E-state index is 0.336. The van der Waals surface area contributed by atoms with E-state index in [1.54, 1.807) is 0 Å². The Hall–Kier alpha value is -2.09. The first-order valence-corrected chi connectivity index (χ1v) is 7.78. The third-order valence-electron chi connectivity index (χ3n) is 4.76. The molecule has 0 spiro atoms. The Bertz CT molecular complexity index is 744. The highest BCUT2D eigenvalue weighted by Gasteiger charge is 2.51. The van der Waals surface area contributed by atoms with Crippen LogP contribution in [-0.2, 0) is 9.31 Å². The predicted molar refractivity (Wildman–Crippen MR) is 92.3 cm³/mol. The number of hydrogen-bond donors (Lipinski definition) is 0. The van der Waals surface area contributed by atoms with E-state index >= 15 is 0 Å². The smallest absolute Gasteiger partial charge is 0.399 e. The molecule has 0 radical (unpaired) electrons. The summed E-state index contributed by atoms with van der Waals surface area (Å²) in [5.74, 6) is 0. The maximum absolute atomic E-state index is 9.01. The van der Waals surface area contributed by atoms with Crippen LogP contribution in [0.4, 0.5) is 0 Å². The molecular formula is C19H20BNO2. The third-order valence-corrected chi connectivity index (χ3v) is 4.76. The summed E-state index contributed by atoms with van der Waals surface area (Å²) in [6.07, 6.45) is 0. The summed E-state index contributed by atoms with van der Waals surface area (Å²) in [7, 11) is -0.348. The monoisotopic (exact) mass is 305 g/mol. The number of hydrogen-bond acceptors (Lipinski definition) is 3. The zero-order valence-electron chi connectivity index (χ0n) is 14.0. The van der Waals surface area contributed by atoms with Gasteiger partial charge in [0.05, 0.1) is 22.8 Å². The van der Waals surface area contributed by atoms with Crippen LogP contribution in [0.2, 0.25) is 0 Å². The van der Waals surface area contributed by atoms with Gasteiger partial charge in [0, 0.05) is 0 Å². The van der Waals surface area contributed by atoms with E-state index in [1.807, 2.05) is 48.5 Å². The lowest BCUT2D eigenvalue weighted by molar-refractivity contribution is 0.00578. The molecule has 3 rings (SSSR count). The van der Waals surface area contributed by atoms with E-state index in [2.05, 4.69) is 33.8 Å². The molecule has 1 aliphatic rings. The minimum Gasteiger partial charge on any atom is -0.399 e. The van der Waals surface area contributed by atoms with Gasteiger partial charge >= 0.3 is 7.12 Å². The van der Waals surface area contributed by atoms with Crippen molar-refractivity contribution in [2.45, 2.75) is 38.9 Å². The zero-order valence-corrected chi connectivity index (χ0v) is 14.0. The first-order chi connectivity index (χ1) is 10.8. The largest absolute Gasteiger partial charge is 0.494 e. The summed E-state index contributed by atoms with van der Waals surface area (Å²) in [6, 6.07) is 17.9. The molecule has 0 unspecified atom stereocenters. The van der Waals surface area contributed by atoms with E-state index in [-0.39, 0.29) is 18.3 Å². The number of rotatable bonds is 2. The Labute approximate surface area is 138 Å². The summed E-state index contributed by atoms with van der Waals surface area (Å²) >= 11 is 0. The Kier molecular flexibility index (Phi) is 3.79. The maximum atomic E-state index is 9.01. The van der Waals surface area contributed by atoms with Gasteiger partial charge in [-0.1, -0.05) is 36.4 Å². The van der Waals surface area contributed by atoms with Crippen LogP contribution in [-0.4, -0.2) is 18.3 Å². The van der Waals surface area contributed by atoms with Crippen molar-refractivity contribution in [1.82, 2.24) is 0 Å². The highest BCUT2D eigenvalue weighted by Crippen LogP contribution is 2.36. The zero-order chi connectivity index (χ0) is 16.7. The van der Waals surface area contributed by atoms with Gasteiger partial charge in [0.25, 0.3) is 0 Å². The van der Waals surface area contributed by atoms with Gasteiger partial charge in [-0.05, 0) is 56.4 Å². The molecule has 116 valence electrons.